The molecule has 0 saturated carbocycles. The number of carboxylic acids is 1. The average Bonchev–Trinajstić information content (AvgIpc) is 2.96. The van der Waals surface area contributed by atoms with Crippen LogP contribution in [0.1, 0.15) is 20.3 Å². The fraction of sp³-hybridized carbons (Fsp3) is 0.333. The predicted molar refractivity (Wildman–Crippen MR) is 84.7 cm³/mol. The van der Waals surface area contributed by atoms with Gasteiger partial charge in [0, 0.05) is 0 Å². The van der Waals surface area contributed by atoms with E-state index < -0.39 is 27.9 Å². The maximum absolute atomic E-state index is 13.7. The first kappa shape index (κ1) is 18.1. The zero-order valence-corrected chi connectivity index (χ0v) is 14.0. The number of hydrogen-bond donors (Lipinski definition) is 2. The van der Waals surface area contributed by atoms with E-state index in [2.05, 4.69) is 9.82 Å². The molecule has 2 aromatic rings. The van der Waals surface area contributed by atoms with Gasteiger partial charge in [-0.1, -0.05) is 26.0 Å². The number of carbonyl (C=O) groups is 1. The van der Waals surface area contributed by atoms with Gasteiger partial charge in [-0.15, -0.1) is 0 Å². The van der Waals surface area contributed by atoms with Crippen LogP contribution in [0.4, 0.5) is 4.39 Å². The van der Waals surface area contributed by atoms with E-state index in [1.165, 1.54) is 18.2 Å². The van der Waals surface area contributed by atoms with E-state index in [1.54, 1.807) is 19.9 Å². The Labute approximate surface area is 139 Å². The minimum absolute atomic E-state index is 0.00469. The first-order valence-corrected chi connectivity index (χ1v) is 8.73. The van der Waals surface area contributed by atoms with Crippen molar-refractivity contribution >= 4 is 16.0 Å². The maximum Gasteiger partial charge on any atom is 0.321 e. The number of sulfonamides is 1. The molecule has 130 valence electrons. The van der Waals surface area contributed by atoms with Crippen LogP contribution in [0.5, 0.6) is 0 Å². The Morgan fingerprint density at radius 1 is 1.38 bits per heavy atom. The molecule has 1 aromatic heterocycles. The second-order valence-corrected chi connectivity index (χ2v) is 7.43. The summed E-state index contributed by atoms with van der Waals surface area (Å²) in [6, 6.07) is 4.53. The Hall–Kier alpha value is -2.26. The highest BCUT2D eigenvalue weighted by atomic mass is 32.2. The van der Waals surface area contributed by atoms with Gasteiger partial charge in [-0.2, -0.15) is 9.82 Å². The van der Waals surface area contributed by atoms with Gasteiger partial charge in [0.15, 0.2) is 0 Å². The van der Waals surface area contributed by atoms with E-state index in [1.807, 2.05) is 0 Å². The van der Waals surface area contributed by atoms with Gasteiger partial charge < -0.3 is 5.11 Å². The average molecular weight is 355 g/mol. The lowest BCUT2D eigenvalue weighted by atomic mass is 10.1. The Kier molecular flexibility index (Phi) is 5.35. The number of nitrogens with one attached hydrogen (secondary N) is 1. The van der Waals surface area contributed by atoms with Crippen LogP contribution in [0, 0.1) is 11.7 Å². The summed E-state index contributed by atoms with van der Waals surface area (Å²) in [5, 5.41) is 13.0. The van der Waals surface area contributed by atoms with Crippen LogP contribution < -0.4 is 4.72 Å². The Morgan fingerprint density at radius 2 is 2.04 bits per heavy atom. The highest BCUT2D eigenvalue weighted by Gasteiger charge is 2.27. The van der Waals surface area contributed by atoms with E-state index in [4.69, 9.17) is 5.11 Å². The molecule has 0 radical (unpaired) electrons. The van der Waals surface area contributed by atoms with Gasteiger partial charge in [0.2, 0.25) is 10.0 Å². The van der Waals surface area contributed by atoms with Crippen LogP contribution in [-0.4, -0.2) is 35.3 Å². The number of para-hydroxylation sites is 1. The van der Waals surface area contributed by atoms with Crippen molar-refractivity contribution in [2.75, 3.05) is 0 Å². The third kappa shape index (κ3) is 4.18. The molecular weight excluding hydrogens is 337 g/mol. The lowest BCUT2D eigenvalue weighted by Gasteiger charge is -2.15. The monoisotopic (exact) mass is 355 g/mol. The van der Waals surface area contributed by atoms with Crippen molar-refractivity contribution < 1.29 is 22.7 Å². The number of aromatic nitrogens is 2. The summed E-state index contributed by atoms with van der Waals surface area (Å²) in [7, 11) is -4.09. The number of rotatable bonds is 7. The van der Waals surface area contributed by atoms with Gasteiger partial charge in [-0.05, 0) is 24.5 Å². The molecule has 0 aliphatic rings. The molecule has 1 aromatic carbocycles. The Bertz CT molecular complexity index is 833. The van der Waals surface area contributed by atoms with E-state index in [-0.39, 0.29) is 22.9 Å². The first-order chi connectivity index (χ1) is 11.2. The molecule has 0 saturated heterocycles. The van der Waals surface area contributed by atoms with Crippen LogP contribution in [0.15, 0.2) is 41.6 Å². The lowest BCUT2D eigenvalue weighted by molar-refractivity contribution is -0.139. The summed E-state index contributed by atoms with van der Waals surface area (Å²) in [6.07, 6.45) is 2.33. The quantitative estimate of drug-likeness (QED) is 0.788. The normalized spacial score (nSPS) is 13.2. The van der Waals surface area contributed by atoms with Crippen molar-refractivity contribution in [1.82, 2.24) is 14.5 Å². The third-order valence-electron chi connectivity index (χ3n) is 3.27. The molecule has 0 aliphatic carbocycles. The molecule has 0 bridgehead atoms. The van der Waals surface area contributed by atoms with Crippen LogP contribution in [-0.2, 0) is 14.8 Å². The van der Waals surface area contributed by atoms with E-state index in [0.717, 1.165) is 17.1 Å². The second kappa shape index (κ2) is 7.10. The topological polar surface area (TPSA) is 101 Å². The first-order valence-electron chi connectivity index (χ1n) is 7.25. The predicted octanol–water partition coefficient (Wildman–Crippen LogP) is 1.79. The standard InChI is InChI=1S/C15H18FN3O4S/c1-10(2)7-13(15(20)21)18-24(22,23)11-8-17-19(9-11)14-6-4-3-5-12(14)16/h3-6,8-10,13,18H,7H2,1-2H3,(H,20,21)/t13-/m1/s1. The Morgan fingerprint density at radius 3 is 2.62 bits per heavy atom. The van der Waals surface area contributed by atoms with Crippen LogP contribution in [0.2, 0.25) is 0 Å². The number of halogens is 1. The van der Waals surface area contributed by atoms with Crippen LogP contribution in [0.25, 0.3) is 5.69 Å². The largest absolute Gasteiger partial charge is 0.480 e. The molecule has 0 fully saturated rings. The molecule has 0 spiro atoms. The number of aliphatic carboxylic acids is 1. The molecule has 2 N–H and O–H groups in total. The Balaban J connectivity index is 2.27. The zero-order valence-electron chi connectivity index (χ0n) is 13.2. The smallest absolute Gasteiger partial charge is 0.321 e. The summed E-state index contributed by atoms with van der Waals surface area (Å²) in [6.45, 7) is 3.58. The SMILES string of the molecule is CC(C)C[C@@H](NS(=O)(=O)c1cnn(-c2ccccc2F)c1)C(=O)O. The molecule has 9 heteroatoms. The van der Waals surface area contributed by atoms with Crippen molar-refractivity contribution in [2.45, 2.75) is 31.2 Å². The molecular formula is C15H18FN3O4S. The summed E-state index contributed by atoms with van der Waals surface area (Å²) in [5.41, 5.74) is 0.0934. The molecule has 1 heterocycles. The maximum atomic E-state index is 13.7. The van der Waals surface area contributed by atoms with Gasteiger partial charge in [-0.3, -0.25) is 4.79 Å². The van der Waals surface area contributed by atoms with E-state index in [0.29, 0.717) is 0 Å². The molecule has 2 rings (SSSR count). The lowest BCUT2D eigenvalue weighted by Crippen LogP contribution is -2.41. The molecule has 0 amide bonds. The summed E-state index contributed by atoms with van der Waals surface area (Å²) < 4.78 is 41.6. The summed E-state index contributed by atoms with van der Waals surface area (Å²) in [5.74, 6) is -1.82. The van der Waals surface area contributed by atoms with Gasteiger partial charge in [0.25, 0.3) is 0 Å². The van der Waals surface area contributed by atoms with Crippen molar-refractivity contribution in [2.24, 2.45) is 5.92 Å². The van der Waals surface area contributed by atoms with Gasteiger partial charge in [0.05, 0.1) is 12.4 Å². The van der Waals surface area contributed by atoms with E-state index in [9.17, 15) is 17.6 Å². The summed E-state index contributed by atoms with van der Waals surface area (Å²) in [4.78, 5) is 11.0. The van der Waals surface area contributed by atoms with Crippen molar-refractivity contribution in [1.29, 1.82) is 0 Å². The molecule has 1 atom stereocenters. The van der Waals surface area contributed by atoms with E-state index >= 15 is 0 Å². The number of hydrogen-bond acceptors (Lipinski definition) is 4. The molecule has 0 aliphatic heterocycles. The van der Waals surface area contributed by atoms with Gasteiger partial charge >= 0.3 is 5.97 Å². The number of carboxylic acid groups (broad SMARTS) is 1. The van der Waals surface area contributed by atoms with Crippen molar-refractivity contribution in [3.8, 4) is 5.69 Å². The third-order valence-corrected chi connectivity index (χ3v) is 4.70. The fourth-order valence-corrected chi connectivity index (χ4v) is 3.27. The molecule has 0 unspecified atom stereocenters. The number of benzene rings is 1. The van der Waals surface area contributed by atoms with Gasteiger partial charge in [0.1, 0.15) is 22.4 Å². The van der Waals surface area contributed by atoms with Gasteiger partial charge in [-0.25, -0.2) is 17.5 Å². The number of nitrogens with zero attached hydrogens (tertiary/aromatic N) is 2. The summed E-state index contributed by atoms with van der Waals surface area (Å²) >= 11 is 0. The van der Waals surface area contributed by atoms with Crippen molar-refractivity contribution in [3.05, 3.63) is 42.5 Å². The molecule has 7 nitrogen and oxygen atoms in total. The highest BCUT2D eigenvalue weighted by Crippen LogP contribution is 2.16. The second-order valence-electron chi connectivity index (χ2n) is 5.71. The highest BCUT2D eigenvalue weighted by molar-refractivity contribution is 7.89. The fourth-order valence-electron chi connectivity index (χ4n) is 2.14. The van der Waals surface area contributed by atoms with Crippen molar-refractivity contribution in [3.63, 3.8) is 0 Å². The molecule has 24 heavy (non-hydrogen) atoms. The minimum Gasteiger partial charge on any atom is -0.480 e. The zero-order chi connectivity index (χ0) is 17.9. The minimum atomic E-state index is -4.09. The van der Waals surface area contributed by atoms with Crippen LogP contribution >= 0.6 is 0 Å². The van der Waals surface area contributed by atoms with Crippen LogP contribution in [0.3, 0.4) is 0 Å².